The van der Waals surface area contributed by atoms with Crippen LogP contribution < -0.4 is 4.74 Å². The third-order valence-electron chi connectivity index (χ3n) is 3.34. The standard InChI is InChI=1S/C16H16O2S/c1-2-14-16(11-7-9-12(17)10-8-11)18-13-5-3-4-6-15(13)19-14/h3-10,14,16-17H,2H2,1H3/t14-,16-/m0/s1. The van der Waals surface area contributed by atoms with E-state index in [1.807, 2.05) is 42.1 Å². The fourth-order valence-electron chi connectivity index (χ4n) is 2.33. The third-order valence-corrected chi connectivity index (χ3v) is 4.82. The number of benzene rings is 2. The summed E-state index contributed by atoms with van der Waals surface area (Å²) in [5, 5.41) is 9.79. The van der Waals surface area contributed by atoms with Crippen LogP contribution in [-0.4, -0.2) is 10.4 Å². The van der Waals surface area contributed by atoms with E-state index in [1.165, 1.54) is 4.90 Å². The van der Waals surface area contributed by atoms with Crippen molar-refractivity contribution in [2.24, 2.45) is 0 Å². The quantitative estimate of drug-likeness (QED) is 0.878. The van der Waals surface area contributed by atoms with Crippen LogP contribution >= 0.6 is 11.8 Å². The van der Waals surface area contributed by atoms with Gasteiger partial charge in [-0.3, -0.25) is 0 Å². The van der Waals surface area contributed by atoms with Gasteiger partial charge in [0.05, 0.1) is 5.25 Å². The Hall–Kier alpha value is -1.61. The molecule has 3 heteroatoms. The first-order valence-electron chi connectivity index (χ1n) is 6.49. The van der Waals surface area contributed by atoms with E-state index < -0.39 is 0 Å². The van der Waals surface area contributed by atoms with Gasteiger partial charge in [-0.05, 0) is 36.2 Å². The van der Waals surface area contributed by atoms with Crippen LogP contribution in [0.5, 0.6) is 11.5 Å². The van der Waals surface area contributed by atoms with E-state index in [0.717, 1.165) is 17.7 Å². The second kappa shape index (κ2) is 5.17. The molecule has 0 radical (unpaired) electrons. The van der Waals surface area contributed by atoms with Gasteiger partial charge in [-0.1, -0.05) is 31.2 Å². The lowest BCUT2D eigenvalue weighted by molar-refractivity contribution is 0.188. The number of fused-ring (bicyclic) bond motifs is 1. The highest BCUT2D eigenvalue weighted by atomic mass is 32.2. The Morgan fingerprint density at radius 2 is 1.84 bits per heavy atom. The van der Waals surface area contributed by atoms with Crippen molar-refractivity contribution in [2.75, 3.05) is 0 Å². The van der Waals surface area contributed by atoms with Crippen molar-refractivity contribution < 1.29 is 9.84 Å². The highest BCUT2D eigenvalue weighted by Crippen LogP contribution is 2.46. The van der Waals surface area contributed by atoms with Crippen molar-refractivity contribution in [3.63, 3.8) is 0 Å². The van der Waals surface area contributed by atoms with Gasteiger partial charge in [-0.25, -0.2) is 0 Å². The van der Waals surface area contributed by atoms with Crippen molar-refractivity contribution in [3.05, 3.63) is 54.1 Å². The molecule has 19 heavy (non-hydrogen) atoms. The summed E-state index contributed by atoms with van der Waals surface area (Å²) < 4.78 is 6.16. The summed E-state index contributed by atoms with van der Waals surface area (Å²) >= 11 is 1.88. The summed E-state index contributed by atoms with van der Waals surface area (Å²) in [6.45, 7) is 2.18. The molecule has 1 N–H and O–H groups in total. The number of aromatic hydroxyl groups is 1. The second-order valence-corrected chi connectivity index (χ2v) is 5.92. The van der Waals surface area contributed by atoms with E-state index in [0.29, 0.717) is 11.0 Å². The SMILES string of the molecule is CC[C@@H]1Sc2ccccc2O[C@H]1c1ccc(O)cc1. The Morgan fingerprint density at radius 3 is 2.58 bits per heavy atom. The lowest BCUT2D eigenvalue weighted by atomic mass is 10.0. The van der Waals surface area contributed by atoms with Crippen molar-refractivity contribution in [3.8, 4) is 11.5 Å². The van der Waals surface area contributed by atoms with Crippen LogP contribution in [0.2, 0.25) is 0 Å². The normalized spacial score (nSPS) is 21.5. The zero-order valence-corrected chi connectivity index (χ0v) is 11.6. The molecule has 2 aromatic carbocycles. The van der Waals surface area contributed by atoms with Crippen molar-refractivity contribution in [1.29, 1.82) is 0 Å². The smallest absolute Gasteiger partial charge is 0.136 e. The lowest BCUT2D eigenvalue weighted by Crippen LogP contribution is -2.24. The molecule has 0 saturated heterocycles. The maximum absolute atomic E-state index is 9.39. The first-order valence-corrected chi connectivity index (χ1v) is 7.37. The number of thioether (sulfide) groups is 1. The molecule has 1 aliphatic rings. The number of hydrogen-bond donors (Lipinski definition) is 1. The average molecular weight is 272 g/mol. The summed E-state index contributed by atoms with van der Waals surface area (Å²) in [6, 6.07) is 15.5. The number of phenols is 1. The first kappa shape index (κ1) is 12.4. The molecular formula is C16H16O2S. The van der Waals surface area contributed by atoms with Crippen molar-refractivity contribution >= 4 is 11.8 Å². The topological polar surface area (TPSA) is 29.5 Å². The fraction of sp³-hybridized carbons (Fsp3) is 0.250. The molecule has 0 fully saturated rings. The van der Waals surface area contributed by atoms with E-state index >= 15 is 0 Å². The number of phenolic OH excluding ortho intramolecular Hbond substituents is 1. The molecule has 1 aliphatic heterocycles. The molecule has 0 spiro atoms. The van der Waals surface area contributed by atoms with Crippen molar-refractivity contribution in [1.82, 2.24) is 0 Å². The summed E-state index contributed by atoms with van der Waals surface area (Å²) in [5.74, 6) is 1.25. The highest BCUT2D eigenvalue weighted by molar-refractivity contribution is 8.00. The molecule has 0 aliphatic carbocycles. The monoisotopic (exact) mass is 272 g/mol. The fourth-order valence-corrected chi connectivity index (χ4v) is 3.55. The first-order chi connectivity index (χ1) is 9.28. The Bertz CT molecular complexity index is 565. The Morgan fingerprint density at radius 1 is 1.11 bits per heavy atom. The maximum Gasteiger partial charge on any atom is 0.136 e. The Balaban J connectivity index is 1.95. The molecule has 0 unspecified atom stereocenters. The molecule has 0 amide bonds. The van der Waals surface area contributed by atoms with E-state index in [4.69, 9.17) is 4.74 Å². The molecule has 0 bridgehead atoms. The molecule has 2 aromatic rings. The lowest BCUT2D eigenvalue weighted by Gasteiger charge is -2.32. The maximum atomic E-state index is 9.39. The number of rotatable bonds is 2. The predicted octanol–water partition coefficient (Wildman–Crippen LogP) is 4.40. The van der Waals surface area contributed by atoms with Gasteiger partial charge in [0, 0.05) is 4.90 Å². The summed E-state index contributed by atoms with van der Waals surface area (Å²) in [5.41, 5.74) is 1.12. The van der Waals surface area contributed by atoms with Gasteiger partial charge in [-0.2, -0.15) is 0 Å². The molecule has 0 saturated carbocycles. The highest BCUT2D eigenvalue weighted by Gasteiger charge is 2.30. The average Bonchev–Trinajstić information content (AvgIpc) is 2.46. The summed E-state index contributed by atoms with van der Waals surface area (Å²) in [6.07, 6.45) is 1.09. The van der Waals surface area contributed by atoms with Crippen molar-refractivity contribution in [2.45, 2.75) is 29.6 Å². The number of ether oxygens (including phenoxy) is 1. The van der Waals surface area contributed by atoms with Crippen LogP contribution in [0.3, 0.4) is 0 Å². The van der Waals surface area contributed by atoms with E-state index in [2.05, 4.69) is 13.0 Å². The minimum absolute atomic E-state index is 0.0468. The van der Waals surface area contributed by atoms with E-state index in [-0.39, 0.29) is 6.10 Å². The zero-order chi connectivity index (χ0) is 13.2. The molecule has 1 heterocycles. The van der Waals surface area contributed by atoms with Crippen LogP contribution in [0.15, 0.2) is 53.4 Å². The van der Waals surface area contributed by atoms with Crippen LogP contribution in [-0.2, 0) is 0 Å². The van der Waals surface area contributed by atoms with Gasteiger partial charge in [0.25, 0.3) is 0 Å². The van der Waals surface area contributed by atoms with Crippen LogP contribution in [0.4, 0.5) is 0 Å². The van der Waals surface area contributed by atoms with Gasteiger partial charge in [0.1, 0.15) is 17.6 Å². The van der Waals surface area contributed by atoms with Gasteiger partial charge < -0.3 is 9.84 Å². The Labute approximate surface area is 117 Å². The van der Waals surface area contributed by atoms with Crippen LogP contribution in [0, 0.1) is 0 Å². The third kappa shape index (κ3) is 2.43. The number of para-hydroxylation sites is 1. The van der Waals surface area contributed by atoms with Gasteiger partial charge >= 0.3 is 0 Å². The van der Waals surface area contributed by atoms with E-state index in [1.54, 1.807) is 12.1 Å². The minimum Gasteiger partial charge on any atom is -0.508 e. The predicted molar refractivity (Wildman–Crippen MR) is 77.9 cm³/mol. The molecular weight excluding hydrogens is 256 g/mol. The van der Waals surface area contributed by atoms with Gasteiger partial charge in [0.2, 0.25) is 0 Å². The molecule has 2 nitrogen and oxygen atoms in total. The van der Waals surface area contributed by atoms with E-state index in [9.17, 15) is 5.11 Å². The molecule has 3 rings (SSSR count). The van der Waals surface area contributed by atoms with Gasteiger partial charge in [0.15, 0.2) is 0 Å². The molecule has 98 valence electrons. The summed E-state index contributed by atoms with van der Waals surface area (Å²) in [7, 11) is 0. The molecule has 0 aromatic heterocycles. The largest absolute Gasteiger partial charge is 0.508 e. The zero-order valence-electron chi connectivity index (χ0n) is 10.7. The van der Waals surface area contributed by atoms with Crippen LogP contribution in [0.25, 0.3) is 0 Å². The second-order valence-electron chi connectivity index (χ2n) is 4.64. The van der Waals surface area contributed by atoms with Crippen LogP contribution in [0.1, 0.15) is 25.0 Å². The minimum atomic E-state index is 0.0468. The number of hydrogen-bond acceptors (Lipinski definition) is 3. The van der Waals surface area contributed by atoms with Gasteiger partial charge in [-0.15, -0.1) is 11.8 Å². The summed E-state index contributed by atoms with van der Waals surface area (Å²) in [4.78, 5) is 1.21. The Kier molecular flexibility index (Phi) is 3.38. The molecule has 2 atom stereocenters.